The van der Waals surface area contributed by atoms with Crippen LogP contribution in [-0.2, 0) is 26.2 Å². The number of amides is 1. The third-order valence-corrected chi connectivity index (χ3v) is 5.25. The average Bonchev–Trinajstić information content (AvgIpc) is 3.12. The van der Waals surface area contributed by atoms with Crippen LogP contribution in [0.2, 0.25) is 0 Å². The molecule has 8 heteroatoms. The molecule has 0 spiro atoms. The fourth-order valence-corrected chi connectivity index (χ4v) is 3.23. The molecule has 1 aromatic carbocycles. The molecule has 2 rings (SSSR count). The van der Waals surface area contributed by atoms with Crippen molar-refractivity contribution in [2.75, 3.05) is 26.7 Å². The molecule has 0 aliphatic heterocycles. The highest BCUT2D eigenvalue weighted by Crippen LogP contribution is 2.12. The maximum absolute atomic E-state index is 12.3. The Bertz CT molecular complexity index is 745. The topological polar surface area (TPSA) is 88.8 Å². The number of carbonyl (C=O) groups is 1. The highest BCUT2D eigenvalue weighted by Gasteiger charge is 2.22. The largest absolute Gasteiger partial charge is 0.467 e. The molecule has 0 aliphatic carbocycles. The summed E-state index contributed by atoms with van der Waals surface area (Å²) in [5.41, 5.74) is 0. The van der Waals surface area contributed by atoms with Crippen LogP contribution in [-0.4, -0.2) is 45.4 Å². The Balaban J connectivity index is 1.66. The highest BCUT2D eigenvalue weighted by molar-refractivity contribution is 7.89. The van der Waals surface area contributed by atoms with Gasteiger partial charge in [-0.25, -0.2) is 8.42 Å². The summed E-state index contributed by atoms with van der Waals surface area (Å²) in [6.45, 7) is 1.04. The Hall–Kier alpha value is -2.16. The third-order valence-electron chi connectivity index (χ3n) is 3.43. The molecule has 1 aromatic heterocycles. The minimum atomic E-state index is -3.66. The SMILES string of the molecule is CN(CC(=O)NCCCOCc1ccco1)S(=O)(=O)c1ccccc1. The number of likely N-dealkylation sites (N-methyl/N-ethyl adjacent to an activating group) is 1. The lowest BCUT2D eigenvalue weighted by molar-refractivity contribution is -0.121. The standard InChI is InChI=1S/C17H22N2O5S/c1-19(25(21,22)16-8-3-2-4-9-16)13-17(20)18-10-6-11-23-14-15-7-5-12-24-15/h2-5,7-9,12H,6,10-11,13-14H2,1H3,(H,18,20). The van der Waals surface area contributed by atoms with Gasteiger partial charge in [0.15, 0.2) is 0 Å². The number of carbonyl (C=O) groups excluding carboxylic acids is 1. The molecule has 0 unspecified atom stereocenters. The van der Waals surface area contributed by atoms with Crippen molar-refractivity contribution in [2.45, 2.75) is 17.9 Å². The van der Waals surface area contributed by atoms with Crippen molar-refractivity contribution in [1.29, 1.82) is 0 Å². The summed E-state index contributed by atoms with van der Waals surface area (Å²) < 4.78 is 36.2. The summed E-state index contributed by atoms with van der Waals surface area (Å²) in [7, 11) is -2.28. The molecule has 0 fully saturated rings. The van der Waals surface area contributed by atoms with Gasteiger partial charge in [-0.15, -0.1) is 0 Å². The van der Waals surface area contributed by atoms with Gasteiger partial charge in [0.2, 0.25) is 15.9 Å². The van der Waals surface area contributed by atoms with E-state index < -0.39 is 10.0 Å². The smallest absolute Gasteiger partial charge is 0.243 e. The summed E-state index contributed by atoms with van der Waals surface area (Å²) in [6.07, 6.45) is 2.21. The Kier molecular flexibility index (Phi) is 7.17. The van der Waals surface area contributed by atoms with E-state index in [0.717, 1.165) is 10.1 Å². The molecular formula is C17H22N2O5S. The van der Waals surface area contributed by atoms with Crippen molar-refractivity contribution in [3.05, 3.63) is 54.5 Å². The van der Waals surface area contributed by atoms with Crippen molar-refractivity contribution in [1.82, 2.24) is 9.62 Å². The van der Waals surface area contributed by atoms with E-state index in [1.807, 2.05) is 6.07 Å². The molecular weight excluding hydrogens is 344 g/mol. The van der Waals surface area contributed by atoms with Crippen LogP contribution in [0.25, 0.3) is 0 Å². The zero-order chi connectivity index (χ0) is 18.1. The molecule has 0 saturated carbocycles. The van der Waals surface area contributed by atoms with E-state index in [0.29, 0.717) is 26.2 Å². The first-order valence-corrected chi connectivity index (χ1v) is 9.32. The van der Waals surface area contributed by atoms with Gasteiger partial charge in [-0.1, -0.05) is 18.2 Å². The van der Waals surface area contributed by atoms with E-state index in [1.54, 1.807) is 30.5 Å². The molecule has 0 saturated heterocycles. The third kappa shape index (κ3) is 6.00. The zero-order valence-corrected chi connectivity index (χ0v) is 14.9. The number of ether oxygens (including phenoxy) is 1. The predicted octanol–water partition coefficient (Wildman–Crippen LogP) is 1.62. The lowest BCUT2D eigenvalue weighted by Crippen LogP contribution is -2.38. The summed E-state index contributed by atoms with van der Waals surface area (Å²) in [4.78, 5) is 12.0. The number of nitrogens with zero attached hydrogens (tertiary/aromatic N) is 1. The first kappa shape index (κ1) is 19.2. The van der Waals surface area contributed by atoms with Crippen LogP contribution in [0.5, 0.6) is 0 Å². The Morgan fingerprint density at radius 1 is 1.20 bits per heavy atom. The minimum absolute atomic E-state index is 0.164. The monoisotopic (exact) mass is 366 g/mol. The number of sulfonamides is 1. The minimum Gasteiger partial charge on any atom is -0.467 e. The van der Waals surface area contributed by atoms with Crippen LogP contribution in [0.4, 0.5) is 0 Å². The molecule has 2 aromatic rings. The van der Waals surface area contributed by atoms with Crippen molar-refractivity contribution < 1.29 is 22.4 Å². The quantitative estimate of drug-likeness (QED) is 0.646. The van der Waals surface area contributed by atoms with Gasteiger partial charge in [-0.3, -0.25) is 4.79 Å². The van der Waals surface area contributed by atoms with Crippen molar-refractivity contribution in [2.24, 2.45) is 0 Å². The van der Waals surface area contributed by atoms with Gasteiger partial charge in [0.25, 0.3) is 0 Å². The molecule has 136 valence electrons. The van der Waals surface area contributed by atoms with Gasteiger partial charge < -0.3 is 14.5 Å². The van der Waals surface area contributed by atoms with Crippen molar-refractivity contribution >= 4 is 15.9 Å². The number of hydrogen-bond acceptors (Lipinski definition) is 5. The Morgan fingerprint density at radius 3 is 2.64 bits per heavy atom. The van der Waals surface area contributed by atoms with Crippen LogP contribution in [0, 0.1) is 0 Å². The molecule has 25 heavy (non-hydrogen) atoms. The van der Waals surface area contributed by atoms with E-state index in [1.165, 1.54) is 19.2 Å². The highest BCUT2D eigenvalue weighted by atomic mass is 32.2. The van der Waals surface area contributed by atoms with Gasteiger partial charge in [0.1, 0.15) is 12.4 Å². The molecule has 1 N–H and O–H groups in total. The lowest BCUT2D eigenvalue weighted by atomic mass is 10.4. The first-order valence-electron chi connectivity index (χ1n) is 7.88. The van der Waals surface area contributed by atoms with Crippen LogP contribution in [0.3, 0.4) is 0 Å². The molecule has 1 amide bonds. The fraction of sp³-hybridized carbons (Fsp3) is 0.353. The van der Waals surface area contributed by atoms with E-state index in [4.69, 9.17) is 9.15 Å². The number of rotatable bonds is 10. The number of furan rings is 1. The maximum atomic E-state index is 12.3. The van der Waals surface area contributed by atoms with Crippen LogP contribution < -0.4 is 5.32 Å². The molecule has 7 nitrogen and oxygen atoms in total. The Morgan fingerprint density at radius 2 is 1.96 bits per heavy atom. The van der Waals surface area contributed by atoms with Crippen LogP contribution in [0.15, 0.2) is 58.0 Å². The number of hydrogen-bond donors (Lipinski definition) is 1. The molecule has 0 atom stereocenters. The Labute approximate surface area is 147 Å². The molecule has 0 bridgehead atoms. The average molecular weight is 366 g/mol. The fourth-order valence-electron chi connectivity index (χ4n) is 2.09. The second-order valence-corrected chi connectivity index (χ2v) is 7.45. The molecule has 1 heterocycles. The summed E-state index contributed by atoms with van der Waals surface area (Å²) in [6, 6.07) is 11.6. The van der Waals surface area contributed by atoms with Crippen molar-refractivity contribution in [3.8, 4) is 0 Å². The predicted molar refractivity (Wildman–Crippen MR) is 92.2 cm³/mol. The lowest BCUT2D eigenvalue weighted by Gasteiger charge is -2.16. The molecule has 0 aliphatic rings. The van der Waals surface area contributed by atoms with Crippen LogP contribution in [0.1, 0.15) is 12.2 Å². The summed E-state index contributed by atoms with van der Waals surface area (Å²) >= 11 is 0. The molecule has 0 radical (unpaired) electrons. The van der Waals surface area contributed by atoms with Gasteiger partial charge in [-0.05, 0) is 30.7 Å². The van der Waals surface area contributed by atoms with E-state index >= 15 is 0 Å². The zero-order valence-electron chi connectivity index (χ0n) is 14.1. The van der Waals surface area contributed by atoms with E-state index in [2.05, 4.69) is 5.32 Å². The van der Waals surface area contributed by atoms with E-state index in [9.17, 15) is 13.2 Å². The van der Waals surface area contributed by atoms with Crippen LogP contribution >= 0.6 is 0 Å². The van der Waals surface area contributed by atoms with E-state index in [-0.39, 0.29) is 17.3 Å². The number of nitrogens with one attached hydrogen (secondary N) is 1. The second-order valence-electron chi connectivity index (χ2n) is 5.41. The van der Waals surface area contributed by atoms with Crippen molar-refractivity contribution in [3.63, 3.8) is 0 Å². The van der Waals surface area contributed by atoms with Gasteiger partial charge in [0, 0.05) is 20.2 Å². The first-order chi connectivity index (χ1) is 12.0. The van der Waals surface area contributed by atoms with Gasteiger partial charge >= 0.3 is 0 Å². The van der Waals surface area contributed by atoms with Gasteiger partial charge in [-0.2, -0.15) is 4.31 Å². The summed E-state index contributed by atoms with van der Waals surface area (Å²) in [5.74, 6) is 0.393. The number of benzene rings is 1. The summed E-state index contributed by atoms with van der Waals surface area (Å²) in [5, 5.41) is 2.68. The normalized spacial score (nSPS) is 11.6. The maximum Gasteiger partial charge on any atom is 0.243 e. The van der Waals surface area contributed by atoms with Gasteiger partial charge in [0.05, 0.1) is 17.7 Å². The second kappa shape index (κ2) is 9.36.